The maximum Gasteiger partial charge on any atom is 0.306 e. The molecule has 1 aliphatic heterocycles. The average molecular weight is 318 g/mol. The van der Waals surface area contributed by atoms with Crippen LogP contribution < -0.4 is 0 Å². The van der Waals surface area contributed by atoms with Gasteiger partial charge in [-0.1, -0.05) is 62.3 Å². The molecule has 0 aromatic heterocycles. The van der Waals surface area contributed by atoms with Gasteiger partial charge in [-0.05, 0) is 38.2 Å². The molecule has 0 amide bonds. The molecule has 0 unspecified atom stereocenters. The van der Waals surface area contributed by atoms with Crippen molar-refractivity contribution < 1.29 is 14.6 Å². The smallest absolute Gasteiger partial charge is 0.306 e. The zero-order valence-corrected chi connectivity index (χ0v) is 14.2. The van der Waals surface area contributed by atoms with E-state index < -0.39 is 12.2 Å². The predicted molar refractivity (Wildman–Crippen MR) is 95.1 cm³/mol. The second-order valence-electron chi connectivity index (χ2n) is 5.81. The summed E-state index contributed by atoms with van der Waals surface area (Å²) >= 11 is 0. The van der Waals surface area contributed by atoms with E-state index in [4.69, 9.17) is 4.74 Å². The fraction of sp³-hybridized carbons (Fsp3) is 0.550. The molecule has 1 rings (SSSR count). The zero-order chi connectivity index (χ0) is 16.8. The molecule has 0 saturated carbocycles. The van der Waals surface area contributed by atoms with E-state index in [2.05, 4.69) is 13.0 Å². The van der Waals surface area contributed by atoms with Crippen LogP contribution in [0, 0.1) is 0 Å². The van der Waals surface area contributed by atoms with Crippen molar-refractivity contribution in [2.45, 2.75) is 70.5 Å². The van der Waals surface area contributed by atoms with Crippen LogP contribution in [0.3, 0.4) is 0 Å². The molecule has 0 aliphatic carbocycles. The Morgan fingerprint density at radius 3 is 2.87 bits per heavy atom. The minimum atomic E-state index is -0.692. The highest BCUT2D eigenvalue weighted by molar-refractivity contribution is 5.69. The molecule has 0 aromatic rings. The van der Waals surface area contributed by atoms with Gasteiger partial charge in [0.15, 0.2) is 0 Å². The van der Waals surface area contributed by atoms with Gasteiger partial charge >= 0.3 is 5.97 Å². The van der Waals surface area contributed by atoms with Crippen LogP contribution in [0.15, 0.2) is 48.6 Å². The number of rotatable bonds is 7. The molecule has 1 aliphatic rings. The van der Waals surface area contributed by atoms with Crippen molar-refractivity contribution in [3.05, 3.63) is 48.6 Å². The Labute approximate surface area is 140 Å². The summed E-state index contributed by atoms with van der Waals surface area (Å²) in [6, 6.07) is 0. The van der Waals surface area contributed by atoms with E-state index in [1.54, 1.807) is 6.08 Å². The Morgan fingerprint density at radius 2 is 2.04 bits per heavy atom. The zero-order valence-electron chi connectivity index (χ0n) is 14.2. The number of ether oxygens (including phenoxy) is 1. The molecule has 0 radical (unpaired) electrons. The molecule has 0 bridgehead atoms. The summed E-state index contributed by atoms with van der Waals surface area (Å²) in [7, 11) is 0. The van der Waals surface area contributed by atoms with Gasteiger partial charge in [0.2, 0.25) is 0 Å². The van der Waals surface area contributed by atoms with Gasteiger partial charge in [-0.2, -0.15) is 0 Å². The molecular formula is C20H30O3. The van der Waals surface area contributed by atoms with E-state index >= 15 is 0 Å². The number of hydrogen-bond donors (Lipinski definition) is 1. The van der Waals surface area contributed by atoms with Gasteiger partial charge in [-0.25, -0.2) is 0 Å². The van der Waals surface area contributed by atoms with Crippen LogP contribution in [0.25, 0.3) is 0 Å². The Hall–Kier alpha value is -1.61. The predicted octanol–water partition coefficient (Wildman–Crippen LogP) is 4.64. The molecule has 0 saturated heterocycles. The quantitative estimate of drug-likeness (QED) is 0.322. The van der Waals surface area contributed by atoms with Gasteiger partial charge in [0, 0.05) is 6.42 Å². The summed E-state index contributed by atoms with van der Waals surface area (Å²) in [6.45, 7) is 2.20. The highest BCUT2D eigenvalue weighted by atomic mass is 16.6. The van der Waals surface area contributed by atoms with E-state index in [1.165, 1.54) is 19.3 Å². The maximum atomic E-state index is 11.7. The molecular weight excluding hydrogens is 288 g/mol. The van der Waals surface area contributed by atoms with E-state index in [0.29, 0.717) is 12.8 Å². The molecule has 1 heterocycles. The molecule has 3 heteroatoms. The van der Waals surface area contributed by atoms with Crippen LogP contribution in [-0.2, 0) is 9.53 Å². The number of carbonyl (C=O) groups is 1. The lowest BCUT2D eigenvalue weighted by Gasteiger charge is -2.20. The fourth-order valence-corrected chi connectivity index (χ4v) is 2.30. The van der Waals surface area contributed by atoms with Gasteiger partial charge in [0.1, 0.15) is 6.10 Å². The summed E-state index contributed by atoms with van der Waals surface area (Å²) in [4.78, 5) is 11.7. The van der Waals surface area contributed by atoms with Gasteiger partial charge < -0.3 is 9.84 Å². The molecule has 23 heavy (non-hydrogen) atoms. The highest BCUT2D eigenvalue weighted by Gasteiger charge is 2.20. The van der Waals surface area contributed by atoms with Crippen LogP contribution in [0.2, 0.25) is 0 Å². The normalized spacial score (nSPS) is 25.2. The first-order chi connectivity index (χ1) is 11.2. The number of unbranched alkanes of at least 4 members (excludes halogenated alkanes) is 3. The third-order valence-electron chi connectivity index (χ3n) is 3.69. The first-order valence-corrected chi connectivity index (χ1v) is 8.76. The largest absolute Gasteiger partial charge is 0.455 e. The number of hydrogen-bond acceptors (Lipinski definition) is 3. The summed E-state index contributed by atoms with van der Waals surface area (Å²) in [6.07, 6.45) is 21.7. The van der Waals surface area contributed by atoms with Crippen molar-refractivity contribution in [3.8, 4) is 0 Å². The third kappa shape index (κ3) is 9.90. The van der Waals surface area contributed by atoms with Gasteiger partial charge in [-0.15, -0.1) is 0 Å². The summed E-state index contributed by atoms with van der Waals surface area (Å²) in [5, 5.41) is 10.1. The van der Waals surface area contributed by atoms with Gasteiger partial charge in [0.25, 0.3) is 0 Å². The van der Waals surface area contributed by atoms with E-state index in [0.717, 1.165) is 19.3 Å². The summed E-state index contributed by atoms with van der Waals surface area (Å²) in [5.74, 6) is -0.242. The topological polar surface area (TPSA) is 46.5 Å². The lowest BCUT2D eigenvalue weighted by Crippen LogP contribution is -2.29. The van der Waals surface area contributed by atoms with E-state index in [9.17, 15) is 9.90 Å². The third-order valence-corrected chi connectivity index (χ3v) is 3.69. The van der Waals surface area contributed by atoms with Crippen LogP contribution in [-0.4, -0.2) is 23.3 Å². The fourth-order valence-electron chi connectivity index (χ4n) is 2.30. The Bertz CT molecular complexity index is 432. The number of carbonyl (C=O) groups excluding carboxylic acids is 1. The van der Waals surface area contributed by atoms with Crippen molar-refractivity contribution in [3.63, 3.8) is 0 Å². The average Bonchev–Trinajstić information content (AvgIpc) is 2.54. The molecule has 0 spiro atoms. The lowest BCUT2D eigenvalue weighted by molar-refractivity contribution is -0.151. The van der Waals surface area contributed by atoms with Crippen LogP contribution in [0.1, 0.15) is 58.3 Å². The first kappa shape index (κ1) is 19.4. The Morgan fingerprint density at radius 1 is 1.22 bits per heavy atom. The SMILES string of the molecule is CCCCC/C=C/C=C/C=C\[C@@H]1OC(=O)CCC/C=C\C[C@H]1O. The standard InChI is InChI=1S/C20H30O3/c1-2-3-4-5-6-7-8-9-13-16-19-18(21)15-12-10-11-14-17-20(22)23-19/h6-10,12-13,16,18-19,21H,2-5,11,14-15,17H2,1H3/b7-6+,9-8+,12-10-,16-13-/t18-,19+/m1/s1. The van der Waals surface area contributed by atoms with Crippen molar-refractivity contribution in [1.29, 1.82) is 0 Å². The van der Waals surface area contributed by atoms with Crippen LogP contribution >= 0.6 is 0 Å². The summed E-state index contributed by atoms with van der Waals surface area (Å²) < 4.78 is 5.35. The minimum Gasteiger partial charge on any atom is -0.455 e. The summed E-state index contributed by atoms with van der Waals surface area (Å²) in [5.41, 5.74) is 0. The Kier molecular flexibility index (Phi) is 10.9. The molecule has 0 aromatic carbocycles. The second-order valence-corrected chi connectivity index (χ2v) is 5.81. The van der Waals surface area contributed by atoms with Gasteiger partial charge in [0.05, 0.1) is 6.10 Å². The monoisotopic (exact) mass is 318 g/mol. The van der Waals surface area contributed by atoms with Crippen molar-refractivity contribution in [2.24, 2.45) is 0 Å². The molecule has 2 atom stereocenters. The second kappa shape index (κ2) is 12.9. The number of allylic oxidation sites excluding steroid dienone is 6. The van der Waals surface area contributed by atoms with Crippen molar-refractivity contribution in [2.75, 3.05) is 0 Å². The molecule has 128 valence electrons. The molecule has 3 nitrogen and oxygen atoms in total. The number of esters is 1. The number of cyclic esters (lactones) is 1. The Balaban J connectivity index is 2.44. The maximum absolute atomic E-state index is 11.7. The highest BCUT2D eigenvalue weighted by Crippen LogP contribution is 2.12. The number of aliphatic hydroxyl groups is 1. The van der Waals surface area contributed by atoms with E-state index in [-0.39, 0.29) is 5.97 Å². The van der Waals surface area contributed by atoms with Crippen LogP contribution in [0.5, 0.6) is 0 Å². The van der Waals surface area contributed by atoms with Crippen molar-refractivity contribution in [1.82, 2.24) is 0 Å². The van der Waals surface area contributed by atoms with Crippen molar-refractivity contribution >= 4 is 5.97 Å². The van der Waals surface area contributed by atoms with Crippen LogP contribution in [0.4, 0.5) is 0 Å². The minimum absolute atomic E-state index is 0.242. The molecule has 0 fully saturated rings. The lowest BCUT2D eigenvalue weighted by atomic mass is 10.1. The first-order valence-electron chi connectivity index (χ1n) is 8.76. The van der Waals surface area contributed by atoms with E-state index in [1.807, 2.05) is 36.5 Å². The number of aliphatic hydroxyl groups excluding tert-OH is 1. The van der Waals surface area contributed by atoms with Gasteiger partial charge in [-0.3, -0.25) is 4.79 Å². The molecule has 1 N–H and O–H groups in total.